The Morgan fingerprint density at radius 3 is 2.67 bits per heavy atom. The number of Topliss-reactive ketones (excluding diaryl/α,β-unsaturated/α-hetero) is 1. The highest BCUT2D eigenvalue weighted by Gasteiger charge is 2.16. The van der Waals surface area contributed by atoms with Gasteiger partial charge in [0.05, 0.1) is 12.4 Å². The molecule has 2 aromatic rings. The van der Waals surface area contributed by atoms with E-state index >= 15 is 0 Å². The maximum absolute atomic E-state index is 12.1. The lowest BCUT2D eigenvalue weighted by Crippen LogP contribution is -2.08. The number of halogens is 1. The van der Waals surface area contributed by atoms with E-state index in [1.807, 2.05) is 12.1 Å². The lowest BCUT2D eigenvalue weighted by Gasteiger charge is -2.09. The van der Waals surface area contributed by atoms with Crippen molar-refractivity contribution in [3.63, 3.8) is 0 Å². The van der Waals surface area contributed by atoms with Crippen molar-refractivity contribution in [2.75, 3.05) is 13.1 Å². The summed E-state index contributed by atoms with van der Waals surface area (Å²) >= 11 is 5.67. The van der Waals surface area contributed by atoms with Crippen LogP contribution in [0.25, 0.3) is 0 Å². The van der Waals surface area contributed by atoms with Crippen LogP contribution in [0.2, 0.25) is 5.15 Å². The molecule has 1 aromatic carbocycles. The molecule has 1 fully saturated rings. The molecule has 1 aliphatic heterocycles. The highest BCUT2D eigenvalue weighted by Crippen LogP contribution is 2.22. The zero-order valence-electron chi connectivity index (χ0n) is 11.6. The summed E-state index contributed by atoms with van der Waals surface area (Å²) in [5, 5.41) is 3.66. The van der Waals surface area contributed by atoms with Crippen LogP contribution >= 0.6 is 11.6 Å². The summed E-state index contributed by atoms with van der Waals surface area (Å²) in [6.07, 6.45) is 4.33. The fraction of sp³-hybridized carbons (Fsp3) is 0.312. The second-order valence-electron chi connectivity index (χ2n) is 5.26. The van der Waals surface area contributed by atoms with Crippen LogP contribution < -0.4 is 5.32 Å². The number of rotatable bonds is 4. The standard InChI is InChI=1S/C16H16ClN3O/c17-16-10-19-14(9-20-16)15(21)7-11-1-3-12(4-2-11)13-5-6-18-8-13/h1-4,9-10,13,18H,5-8H2. The van der Waals surface area contributed by atoms with Crippen molar-refractivity contribution < 1.29 is 4.79 Å². The van der Waals surface area contributed by atoms with Crippen LogP contribution in [0.5, 0.6) is 0 Å². The van der Waals surface area contributed by atoms with Gasteiger partial charge in [-0.15, -0.1) is 0 Å². The number of hydrogen-bond acceptors (Lipinski definition) is 4. The van der Waals surface area contributed by atoms with Gasteiger partial charge < -0.3 is 5.32 Å². The summed E-state index contributed by atoms with van der Waals surface area (Å²) in [5.41, 5.74) is 2.68. The molecule has 1 N–H and O–H groups in total. The van der Waals surface area contributed by atoms with E-state index in [0.717, 1.165) is 18.7 Å². The van der Waals surface area contributed by atoms with E-state index in [1.165, 1.54) is 24.4 Å². The Kier molecular flexibility index (Phi) is 4.27. The molecule has 1 aromatic heterocycles. The minimum Gasteiger partial charge on any atom is -0.316 e. The van der Waals surface area contributed by atoms with Gasteiger partial charge in [-0.2, -0.15) is 0 Å². The van der Waals surface area contributed by atoms with Gasteiger partial charge in [0.15, 0.2) is 5.78 Å². The van der Waals surface area contributed by atoms with E-state index in [1.54, 1.807) is 0 Å². The van der Waals surface area contributed by atoms with E-state index < -0.39 is 0 Å². The molecule has 1 aliphatic rings. The molecule has 0 spiro atoms. The third-order valence-corrected chi connectivity index (χ3v) is 3.98. The fourth-order valence-corrected chi connectivity index (χ4v) is 2.68. The third-order valence-electron chi connectivity index (χ3n) is 3.78. The second-order valence-corrected chi connectivity index (χ2v) is 5.64. The van der Waals surface area contributed by atoms with Gasteiger partial charge in [0, 0.05) is 13.0 Å². The van der Waals surface area contributed by atoms with Gasteiger partial charge in [-0.05, 0) is 30.0 Å². The quantitative estimate of drug-likeness (QED) is 0.882. The predicted molar refractivity (Wildman–Crippen MR) is 81.7 cm³/mol. The van der Waals surface area contributed by atoms with E-state index in [9.17, 15) is 4.79 Å². The highest BCUT2D eigenvalue weighted by atomic mass is 35.5. The Balaban J connectivity index is 1.67. The molecule has 2 heterocycles. The van der Waals surface area contributed by atoms with Crippen molar-refractivity contribution in [2.24, 2.45) is 0 Å². The molecule has 0 radical (unpaired) electrons. The van der Waals surface area contributed by atoms with Crippen molar-refractivity contribution >= 4 is 17.4 Å². The lowest BCUT2D eigenvalue weighted by molar-refractivity contribution is 0.0988. The molecule has 5 heteroatoms. The first kappa shape index (κ1) is 14.2. The Morgan fingerprint density at radius 2 is 2.05 bits per heavy atom. The van der Waals surface area contributed by atoms with Crippen molar-refractivity contribution in [1.82, 2.24) is 15.3 Å². The molecule has 3 rings (SSSR count). The molecule has 0 amide bonds. The number of nitrogens with zero attached hydrogens (tertiary/aromatic N) is 2. The van der Waals surface area contributed by atoms with Crippen LogP contribution in [-0.4, -0.2) is 28.8 Å². The molecule has 0 bridgehead atoms. The molecular weight excluding hydrogens is 286 g/mol. The first-order valence-corrected chi connectivity index (χ1v) is 7.40. The van der Waals surface area contributed by atoms with E-state index in [2.05, 4.69) is 27.4 Å². The molecule has 1 unspecified atom stereocenters. The van der Waals surface area contributed by atoms with E-state index in [0.29, 0.717) is 23.2 Å². The number of benzene rings is 1. The van der Waals surface area contributed by atoms with Gasteiger partial charge in [-0.3, -0.25) is 4.79 Å². The van der Waals surface area contributed by atoms with Gasteiger partial charge in [0.2, 0.25) is 0 Å². The number of ketones is 1. The van der Waals surface area contributed by atoms with E-state index in [4.69, 9.17) is 11.6 Å². The fourth-order valence-electron chi connectivity index (χ4n) is 2.58. The molecule has 21 heavy (non-hydrogen) atoms. The van der Waals surface area contributed by atoms with Crippen LogP contribution in [0.3, 0.4) is 0 Å². The first-order chi connectivity index (χ1) is 10.2. The van der Waals surface area contributed by atoms with Crippen LogP contribution in [0, 0.1) is 0 Å². The van der Waals surface area contributed by atoms with Gasteiger partial charge in [-0.1, -0.05) is 35.9 Å². The minimum absolute atomic E-state index is 0.0468. The first-order valence-electron chi connectivity index (χ1n) is 7.02. The second kappa shape index (κ2) is 6.33. The van der Waals surface area contributed by atoms with Crippen LogP contribution in [0.1, 0.15) is 34.0 Å². The molecule has 108 valence electrons. The van der Waals surface area contributed by atoms with Crippen LogP contribution in [0.4, 0.5) is 0 Å². The van der Waals surface area contributed by atoms with Gasteiger partial charge in [0.25, 0.3) is 0 Å². The minimum atomic E-state index is -0.0468. The summed E-state index contributed by atoms with van der Waals surface area (Å²) in [4.78, 5) is 20.0. The Morgan fingerprint density at radius 1 is 1.24 bits per heavy atom. The summed E-state index contributed by atoms with van der Waals surface area (Å²) < 4.78 is 0. The van der Waals surface area contributed by atoms with Gasteiger partial charge in [0.1, 0.15) is 10.8 Å². The number of carbonyl (C=O) groups excluding carboxylic acids is 1. The van der Waals surface area contributed by atoms with Crippen LogP contribution in [0.15, 0.2) is 36.7 Å². The normalized spacial score (nSPS) is 17.9. The topological polar surface area (TPSA) is 54.9 Å². The zero-order valence-corrected chi connectivity index (χ0v) is 12.3. The molecular formula is C16H16ClN3O. The SMILES string of the molecule is O=C(Cc1ccc(C2CCNC2)cc1)c1cnc(Cl)cn1. The summed E-state index contributed by atoms with van der Waals surface area (Å²) in [5.74, 6) is 0.548. The predicted octanol–water partition coefficient (Wildman–Crippen LogP) is 2.63. The monoisotopic (exact) mass is 301 g/mol. The molecule has 0 aliphatic carbocycles. The largest absolute Gasteiger partial charge is 0.316 e. The number of nitrogens with one attached hydrogen (secondary N) is 1. The van der Waals surface area contributed by atoms with Gasteiger partial charge >= 0.3 is 0 Å². The Labute approximate surface area is 128 Å². The van der Waals surface area contributed by atoms with Crippen molar-refractivity contribution in [1.29, 1.82) is 0 Å². The zero-order chi connectivity index (χ0) is 14.7. The highest BCUT2D eigenvalue weighted by molar-refractivity contribution is 6.29. The maximum Gasteiger partial charge on any atom is 0.187 e. The Bertz CT molecular complexity index is 619. The third kappa shape index (κ3) is 3.46. The van der Waals surface area contributed by atoms with Crippen molar-refractivity contribution in [3.05, 3.63) is 58.6 Å². The van der Waals surface area contributed by atoms with Crippen molar-refractivity contribution in [3.8, 4) is 0 Å². The average molecular weight is 302 g/mol. The number of carbonyl (C=O) groups is 1. The molecule has 1 saturated heterocycles. The van der Waals surface area contributed by atoms with Gasteiger partial charge in [-0.25, -0.2) is 9.97 Å². The lowest BCUT2D eigenvalue weighted by atomic mass is 9.96. The van der Waals surface area contributed by atoms with E-state index in [-0.39, 0.29) is 5.78 Å². The number of aromatic nitrogens is 2. The van der Waals surface area contributed by atoms with Crippen LogP contribution in [-0.2, 0) is 6.42 Å². The molecule has 1 atom stereocenters. The maximum atomic E-state index is 12.1. The molecule has 4 nitrogen and oxygen atoms in total. The number of hydrogen-bond donors (Lipinski definition) is 1. The Hall–Kier alpha value is -1.78. The smallest absolute Gasteiger partial charge is 0.187 e. The van der Waals surface area contributed by atoms with Crippen molar-refractivity contribution in [2.45, 2.75) is 18.8 Å². The average Bonchev–Trinajstić information content (AvgIpc) is 3.03. The summed E-state index contributed by atoms with van der Waals surface area (Å²) in [6, 6.07) is 8.28. The summed E-state index contributed by atoms with van der Waals surface area (Å²) in [6.45, 7) is 2.12. The summed E-state index contributed by atoms with van der Waals surface area (Å²) in [7, 11) is 0. The molecule has 0 saturated carbocycles.